The Kier molecular flexibility index (Phi) is 3.85. The van der Waals surface area contributed by atoms with Crippen LogP contribution in [-0.2, 0) is 12.8 Å². The summed E-state index contributed by atoms with van der Waals surface area (Å²) >= 11 is 1.76. The first kappa shape index (κ1) is 12.7. The van der Waals surface area contributed by atoms with Gasteiger partial charge in [-0.25, -0.2) is 0 Å². The molecule has 1 N–H and O–H groups in total. The lowest BCUT2D eigenvalue weighted by atomic mass is 9.89. The van der Waals surface area contributed by atoms with E-state index in [9.17, 15) is 5.11 Å². The molecule has 1 aliphatic rings. The van der Waals surface area contributed by atoms with Crippen LogP contribution in [0, 0.1) is 0 Å². The summed E-state index contributed by atoms with van der Waals surface area (Å²) in [5, 5.41) is 12.1. The third kappa shape index (κ3) is 2.99. The Labute approximate surface area is 117 Å². The van der Waals surface area contributed by atoms with Gasteiger partial charge >= 0.3 is 0 Å². The van der Waals surface area contributed by atoms with E-state index in [0.29, 0.717) is 6.61 Å². The smallest absolute Gasteiger partial charge is 0.119 e. The molecule has 1 aliphatic carbocycles. The van der Waals surface area contributed by atoms with Crippen molar-refractivity contribution < 1.29 is 9.84 Å². The molecule has 1 aromatic heterocycles. The van der Waals surface area contributed by atoms with Gasteiger partial charge < -0.3 is 9.84 Å². The maximum atomic E-state index is 10.0. The molecule has 1 atom stereocenters. The number of hydrogen-bond acceptors (Lipinski definition) is 3. The number of benzene rings is 1. The average molecular weight is 274 g/mol. The molecule has 100 valence electrons. The van der Waals surface area contributed by atoms with Gasteiger partial charge in [-0.3, -0.25) is 0 Å². The van der Waals surface area contributed by atoms with Crippen molar-refractivity contribution in [1.29, 1.82) is 0 Å². The fourth-order valence-corrected chi connectivity index (χ4v) is 3.26. The quantitative estimate of drug-likeness (QED) is 0.920. The minimum Gasteiger partial charge on any atom is -0.493 e. The van der Waals surface area contributed by atoms with E-state index in [-0.39, 0.29) is 6.10 Å². The molecule has 0 radical (unpaired) electrons. The normalized spacial score (nSPS) is 18.1. The highest BCUT2D eigenvalue weighted by Gasteiger charge is 2.18. The molecule has 1 heterocycles. The fraction of sp³-hybridized carbons (Fsp3) is 0.375. The SMILES string of the molecule is O[C@H]1CCCc2ccc(OCCc3cccs3)cc21. The standard InChI is InChI=1S/C16H18O2S/c17-16-5-1-3-12-6-7-13(11-15(12)16)18-9-8-14-4-2-10-19-14/h2,4,6-7,10-11,16-17H,1,3,5,8-9H2/t16-/m0/s1. The zero-order chi connectivity index (χ0) is 13.1. The molecule has 3 rings (SSSR count). The Morgan fingerprint density at radius 2 is 2.26 bits per heavy atom. The number of thiophene rings is 1. The van der Waals surface area contributed by atoms with Crippen LogP contribution < -0.4 is 4.74 Å². The van der Waals surface area contributed by atoms with Crippen LogP contribution >= 0.6 is 11.3 Å². The number of aliphatic hydroxyl groups is 1. The minimum atomic E-state index is -0.315. The summed E-state index contributed by atoms with van der Waals surface area (Å²) < 4.78 is 5.79. The first-order chi connectivity index (χ1) is 9.33. The van der Waals surface area contributed by atoms with Crippen molar-refractivity contribution in [3.05, 3.63) is 51.7 Å². The highest BCUT2D eigenvalue weighted by atomic mass is 32.1. The Balaban J connectivity index is 1.63. The molecule has 0 fully saturated rings. The van der Waals surface area contributed by atoms with Crippen molar-refractivity contribution in [2.24, 2.45) is 0 Å². The van der Waals surface area contributed by atoms with Gasteiger partial charge in [0.1, 0.15) is 5.75 Å². The monoisotopic (exact) mass is 274 g/mol. The van der Waals surface area contributed by atoms with Gasteiger partial charge in [0, 0.05) is 11.3 Å². The average Bonchev–Trinajstić information content (AvgIpc) is 2.93. The molecule has 2 aromatic rings. The molecule has 0 unspecified atom stereocenters. The predicted octanol–water partition coefficient (Wildman–Crippen LogP) is 3.74. The van der Waals surface area contributed by atoms with E-state index in [2.05, 4.69) is 23.6 Å². The number of fused-ring (bicyclic) bond motifs is 1. The molecule has 0 spiro atoms. The van der Waals surface area contributed by atoms with E-state index >= 15 is 0 Å². The highest BCUT2D eigenvalue weighted by Crippen LogP contribution is 2.32. The van der Waals surface area contributed by atoms with Crippen LogP contribution in [0.25, 0.3) is 0 Å². The van der Waals surface area contributed by atoms with Crippen molar-refractivity contribution in [3.63, 3.8) is 0 Å². The molecule has 0 amide bonds. The van der Waals surface area contributed by atoms with Gasteiger partial charge in [-0.15, -0.1) is 11.3 Å². The lowest BCUT2D eigenvalue weighted by Crippen LogP contribution is -2.09. The van der Waals surface area contributed by atoms with Crippen LogP contribution in [0.15, 0.2) is 35.7 Å². The van der Waals surface area contributed by atoms with E-state index < -0.39 is 0 Å². The molecule has 0 bridgehead atoms. The molecule has 2 nitrogen and oxygen atoms in total. The van der Waals surface area contributed by atoms with Crippen LogP contribution in [0.3, 0.4) is 0 Å². The lowest BCUT2D eigenvalue weighted by molar-refractivity contribution is 0.156. The maximum absolute atomic E-state index is 10.0. The number of hydrogen-bond donors (Lipinski definition) is 1. The molecule has 19 heavy (non-hydrogen) atoms. The van der Waals surface area contributed by atoms with Gasteiger partial charge in [-0.1, -0.05) is 12.1 Å². The third-order valence-electron chi connectivity index (χ3n) is 3.60. The number of ether oxygens (including phenoxy) is 1. The first-order valence-electron chi connectivity index (χ1n) is 6.79. The summed E-state index contributed by atoms with van der Waals surface area (Å²) in [5.74, 6) is 0.872. The molecular weight excluding hydrogens is 256 g/mol. The second-order valence-electron chi connectivity index (χ2n) is 4.95. The summed E-state index contributed by atoms with van der Waals surface area (Å²) in [6.07, 6.45) is 3.64. The van der Waals surface area contributed by atoms with Crippen LogP contribution in [-0.4, -0.2) is 11.7 Å². The van der Waals surface area contributed by atoms with Crippen LogP contribution in [0.2, 0.25) is 0 Å². The highest BCUT2D eigenvalue weighted by molar-refractivity contribution is 7.09. The molecular formula is C16H18O2S. The second kappa shape index (κ2) is 5.76. The van der Waals surface area contributed by atoms with Gasteiger partial charge in [-0.2, -0.15) is 0 Å². The number of rotatable bonds is 4. The molecule has 1 aromatic carbocycles. The van der Waals surface area contributed by atoms with Crippen molar-refractivity contribution >= 4 is 11.3 Å². The van der Waals surface area contributed by atoms with E-state index in [1.165, 1.54) is 10.4 Å². The van der Waals surface area contributed by atoms with E-state index in [0.717, 1.165) is 37.0 Å². The van der Waals surface area contributed by atoms with E-state index in [4.69, 9.17) is 4.74 Å². The van der Waals surface area contributed by atoms with Crippen molar-refractivity contribution in [1.82, 2.24) is 0 Å². The lowest BCUT2D eigenvalue weighted by Gasteiger charge is -2.21. The summed E-state index contributed by atoms with van der Waals surface area (Å²) in [4.78, 5) is 1.35. The van der Waals surface area contributed by atoms with Gasteiger partial charge in [0.15, 0.2) is 0 Å². The maximum Gasteiger partial charge on any atom is 0.119 e. The molecule has 0 saturated heterocycles. The topological polar surface area (TPSA) is 29.5 Å². The summed E-state index contributed by atoms with van der Waals surface area (Å²) in [5.41, 5.74) is 2.32. The van der Waals surface area contributed by atoms with Crippen LogP contribution in [0.5, 0.6) is 5.75 Å². The largest absolute Gasteiger partial charge is 0.493 e. The van der Waals surface area contributed by atoms with Crippen molar-refractivity contribution in [2.75, 3.05) is 6.61 Å². The molecule has 0 aliphatic heterocycles. The number of aryl methyl sites for hydroxylation is 1. The zero-order valence-corrected chi connectivity index (χ0v) is 11.7. The minimum absolute atomic E-state index is 0.315. The summed E-state index contributed by atoms with van der Waals surface area (Å²) in [6.45, 7) is 0.690. The zero-order valence-electron chi connectivity index (χ0n) is 10.8. The first-order valence-corrected chi connectivity index (χ1v) is 7.67. The van der Waals surface area contributed by atoms with Crippen LogP contribution in [0.4, 0.5) is 0 Å². The Hall–Kier alpha value is -1.32. The summed E-state index contributed by atoms with van der Waals surface area (Å²) in [7, 11) is 0. The third-order valence-corrected chi connectivity index (χ3v) is 4.53. The van der Waals surface area contributed by atoms with Crippen molar-refractivity contribution in [2.45, 2.75) is 31.8 Å². The Morgan fingerprint density at radius 1 is 1.32 bits per heavy atom. The van der Waals surface area contributed by atoms with Gasteiger partial charge in [0.25, 0.3) is 0 Å². The Morgan fingerprint density at radius 3 is 3.11 bits per heavy atom. The van der Waals surface area contributed by atoms with E-state index in [1.54, 1.807) is 11.3 Å². The molecule has 3 heteroatoms. The predicted molar refractivity (Wildman–Crippen MR) is 77.9 cm³/mol. The van der Waals surface area contributed by atoms with Gasteiger partial charge in [-0.05, 0) is 54.0 Å². The number of aliphatic hydroxyl groups excluding tert-OH is 1. The molecule has 0 saturated carbocycles. The van der Waals surface area contributed by atoms with Gasteiger partial charge in [0.05, 0.1) is 12.7 Å². The van der Waals surface area contributed by atoms with E-state index in [1.807, 2.05) is 12.1 Å². The second-order valence-corrected chi connectivity index (χ2v) is 5.98. The summed E-state index contributed by atoms with van der Waals surface area (Å²) in [6, 6.07) is 10.3. The fourth-order valence-electron chi connectivity index (χ4n) is 2.57. The Bertz CT molecular complexity index is 534. The van der Waals surface area contributed by atoms with Crippen LogP contribution in [0.1, 0.15) is 34.9 Å². The van der Waals surface area contributed by atoms with Crippen molar-refractivity contribution in [3.8, 4) is 5.75 Å². The van der Waals surface area contributed by atoms with Gasteiger partial charge in [0.2, 0.25) is 0 Å².